The number of aliphatic hydroxyl groups is 1. The average Bonchev–Trinajstić information content (AvgIpc) is 2.55. The summed E-state index contributed by atoms with van der Waals surface area (Å²) in [6, 6.07) is 0.393. The normalized spacial score (nSPS) is 14.5. The van der Waals surface area contributed by atoms with Crippen molar-refractivity contribution in [1.82, 2.24) is 4.90 Å². The molecule has 0 saturated heterocycles. The number of esters is 1. The molecule has 174 valence electrons. The molecule has 0 radical (unpaired) electrons. The van der Waals surface area contributed by atoms with Crippen LogP contribution in [0.3, 0.4) is 0 Å². The highest BCUT2D eigenvalue weighted by Gasteiger charge is 2.34. The number of hydrogen-bond acceptors (Lipinski definition) is 6. The molecule has 0 aliphatic carbocycles. The predicted molar refractivity (Wildman–Crippen MR) is 122 cm³/mol. The van der Waals surface area contributed by atoms with Crippen LogP contribution in [0.25, 0.3) is 0 Å². The zero-order valence-electron chi connectivity index (χ0n) is 20.2. The number of hydrogen-bond donors (Lipinski definition) is 1. The van der Waals surface area contributed by atoms with Gasteiger partial charge in [-0.3, -0.25) is 4.90 Å². The molecule has 1 unspecified atom stereocenters. The molecule has 0 saturated carbocycles. The van der Waals surface area contributed by atoms with Gasteiger partial charge in [0, 0.05) is 0 Å². The number of amides is 1. The first kappa shape index (κ1) is 28.4. The molecule has 0 aromatic rings. The molecule has 0 aliphatic heterocycles. The van der Waals surface area contributed by atoms with E-state index in [2.05, 4.69) is 51.8 Å². The maximum Gasteiger partial charge on any atom is 0.410 e. The van der Waals surface area contributed by atoms with Crippen molar-refractivity contribution in [2.75, 3.05) is 20.3 Å². The molecule has 30 heavy (non-hydrogen) atoms. The summed E-state index contributed by atoms with van der Waals surface area (Å²) in [5.41, 5.74) is -0.747. The minimum Gasteiger partial charge on any atom is -0.466 e. The second-order valence-corrected chi connectivity index (χ2v) is 14.4. The zero-order chi connectivity index (χ0) is 23.9. The van der Waals surface area contributed by atoms with E-state index in [0.29, 0.717) is 0 Å². The smallest absolute Gasteiger partial charge is 0.410 e. The van der Waals surface area contributed by atoms with Gasteiger partial charge in [0.1, 0.15) is 11.7 Å². The van der Waals surface area contributed by atoms with Gasteiger partial charge in [0.05, 0.1) is 31.9 Å². The van der Waals surface area contributed by atoms with Crippen LogP contribution in [0.15, 0.2) is 24.8 Å². The fourth-order valence-electron chi connectivity index (χ4n) is 3.15. The maximum atomic E-state index is 12.9. The fraction of sp³-hybridized carbons (Fsp3) is 0.727. The van der Waals surface area contributed by atoms with Gasteiger partial charge in [-0.25, -0.2) is 9.59 Å². The molecule has 7 nitrogen and oxygen atoms in total. The average molecular weight is 444 g/mol. The quantitative estimate of drug-likeness (QED) is 0.236. The highest BCUT2D eigenvalue weighted by molar-refractivity contribution is 6.71. The molecule has 0 rings (SSSR count). The molecule has 0 heterocycles. The molecule has 0 aromatic heterocycles. The summed E-state index contributed by atoms with van der Waals surface area (Å²) in [6.45, 7) is 23.4. The van der Waals surface area contributed by atoms with Gasteiger partial charge >= 0.3 is 12.1 Å². The number of ether oxygens (including phenoxy) is 2. The number of carbonyl (C=O) groups excluding carboxylic acids is 2. The van der Waals surface area contributed by atoms with Crippen LogP contribution in [0.1, 0.15) is 41.5 Å². The molecule has 0 fully saturated rings. The molecule has 0 aromatic carbocycles. The molecule has 0 spiro atoms. The lowest BCUT2D eigenvalue weighted by Crippen LogP contribution is -2.50. The summed E-state index contributed by atoms with van der Waals surface area (Å²) in [5, 5.41) is 10.4. The fourth-order valence-corrected chi connectivity index (χ4v) is 6.43. The number of nitrogens with zero attached hydrogens (tertiary/aromatic N) is 1. The number of methoxy groups -OCH3 is 1. The molecule has 1 amide bonds. The highest BCUT2D eigenvalue weighted by atomic mass is 28.4. The van der Waals surface area contributed by atoms with E-state index in [4.69, 9.17) is 9.16 Å². The minimum absolute atomic E-state index is 0.124. The first-order valence-corrected chi connectivity index (χ1v) is 13.3. The van der Waals surface area contributed by atoms with Crippen LogP contribution in [0, 0.1) is 5.41 Å². The van der Waals surface area contributed by atoms with E-state index in [0.717, 1.165) is 6.04 Å². The number of rotatable bonds is 10. The van der Waals surface area contributed by atoms with Crippen LogP contribution in [0.4, 0.5) is 4.79 Å². The largest absolute Gasteiger partial charge is 0.466 e. The lowest BCUT2D eigenvalue weighted by atomic mass is 10.0. The molecule has 1 N–H and O–H groups in total. The molecule has 0 bridgehead atoms. The SMILES string of the molecule is C=C[C@@H](CO[Si](C)(C)CC(C)(C)C)N(CC(O)C(=C)C(=O)OC)C(=O)OC(C)(C)C. The van der Waals surface area contributed by atoms with Gasteiger partial charge in [0.15, 0.2) is 8.32 Å². The van der Waals surface area contributed by atoms with E-state index in [-0.39, 0.29) is 24.1 Å². The van der Waals surface area contributed by atoms with E-state index in [1.165, 1.54) is 12.0 Å². The van der Waals surface area contributed by atoms with Crippen molar-refractivity contribution in [3.8, 4) is 0 Å². The van der Waals surface area contributed by atoms with Crippen LogP contribution in [0.5, 0.6) is 0 Å². The van der Waals surface area contributed by atoms with Gasteiger partial charge in [0.2, 0.25) is 0 Å². The Bertz CT molecular complexity index is 618. The topological polar surface area (TPSA) is 85.3 Å². The second kappa shape index (κ2) is 11.1. The minimum atomic E-state index is -2.01. The first-order chi connectivity index (χ1) is 13.4. The lowest BCUT2D eigenvalue weighted by Gasteiger charge is -2.36. The lowest BCUT2D eigenvalue weighted by molar-refractivity contribution is -0.137. The first-order valence-electron chi connectivity index (χ1n) is 10.1. The third-order valence-corrected chi connectivity index (χ3v) is 6.98. The van der Waals surface area contributed by atoms with Crippen molar-refractivity contribution in [1.29, 1.82) is 0 Å². The molecular weight excluding hydrogens is 402 g/mol. The van der Waals surface area contributed by atoms with E-state index < -0.39 is 38.1 Å². The Morgan fingerprint density at radius 3 is 2.10 bits per heavy atom. The molecule has 0 aliphatic rings. The van der Waals surface area contributed by atoms with Crippen LogP contribution in [-0.4, -0.2) is 68.4 Å². The van der Waals surface area contributed by atoms with E-state index >= 15 is 0 Å². The maximum absolute atomic E-state index is 12.9. The van der Waals surface area contributed by atoms with Crippen molar-refractivity contribution in [2.45, 2.75) is 78.4 Å². The van der Waals surface area contributed by atoms with E-state index in [1.807, 2.05) is 0 Å². The second-order valence-electron chi connectivity index (χ2n) is 10.3. The van der Waals surface area contributed by atoms with Crippen molar-refractivity contribution in [2.24, 2.45) is 5.41 Å². The summed E-state index contributed by atoms with van der Waals surface area (Å²) in [7, 11) is -0.809. The summed E-state index contributed by atoms with van der Waals surface area (Å²) in [6.07, 6.45) is -0.366. The Kier molecular flexibility index (Phi) is 10.5. The summed E-state index contributed by atoms with van der Waals surface area (Å²) in [5.74, 6) is -0.739. The van der Waals surface area contributed by atoms with Gasteiger partial charge in [0.25, 0.3) is 0 Å². The summed E-state index contributed by atoms with van der Waals surface area (Å²) in [4.78, 5) is 25.9. The highest BCUT2D eigenvalue weighted by Crippen LogP contribution is 2.28. The Labute approximate surface area is 183 Å². The summed E-state index contributed by atoms with van der Waals surface area (Å²) >= 11 is 0. The van der Waals surface area contributed by atoms with Crippen molar-refractivity contribution in [3.05, 3.63) is 24.8 Å². The Hall–Kier alpha value is -1.64. The monoisotopic (exact) mass is 443 g/mol. The van der Waals surface area contributed by atoms with Crippen molar-refractivity contribution in [3.63, 3.8) is 0 Å². The van der Waals surface area contributed by atoms with Gasteiger partial charge in [-0.15, -0.1) is 6.58 Å². The van der Waals surface area contributed by atoms with Gasteiger partial charge < -0.3 is 19.0 Å². The van der Waals surface area contributed by atoms with E-state index in [9.17, 15) is 14.7 Å². The Balaban J connectivity index is 5.57. The van der Waals surface area contributed by atoms with E-state index in [1.54, 1.807) is 26.8 Å². The predicted octanol–water partition coefficient (Wildman–Crippen LogP) is 4.14. The van der Waals surface area contributed by atoms with Gasteiger partial charge in [-0.05, 0) is 45.3 Å². The third-order valence-electron chi connectivity index (χ3n) is 4.12. The zero-order valence-corrected chi connectivity index (χ0v) is 21.2. The van der Waals surface area contributed by atoms with Crippen LogP contribution < -0.4 is 0 Å². The number of carbonyl (C=O) groups is 2. The van der Waals surface area contributed by atoms with Crippen LogP contribution in [-0.2, 0) is 18.7 Å². The van der Waals surface area contributed by atoms with Crippen LogP contribution in [0.2, 0.25) is 19.1 Å². The Morgan fingerprint density at radius 2 is 1.70 bits per heavy atom. The van der Waals surface area contributed by atoms with Gasteiger partial charge in [-0.2, -0.15) is 0 Å². The standard InChI is InChI=1S/C22H41NO6Si/c1-12-17(14-28-30(10,11)15-21(3,4)5)23(20(26)29-22(6,7)8)13-18(24)16(2)19(25)27-9/h12,17-18,24H,1-2,13-15H2,3-11H3/t17-,18?/m0/s1. The molecular formula is C22H41NO6Si. The molecule has 8 heteroatoms. The summed E-state index contributed by atoms with van der Waals surface area (Å²) < 4.78 is 16.4. The number of aliphatic hydroxyl groups excluding tert-OH is 1. The van der Waals surface area contributed by atoms with Crippen molar-refractivity contribution >= 4 is 20.4 Å². The third kappa shape index (κ3) is 10.9. The Morgan fingerprint density at radius 1 is 1.17 bits per heavy atom. The van der Waals surface area contributed by atoms with Crippen molar-refractivity contribution < 1.29 is 28.6 Å². The molecule has 2 atom stereocenters. The van der Waals surface area contributed by atoms with Crippen LogP contribution >= 0.6 is 0 Å². The van der Waals surface area contributed by atoms with Gasteiger partial charge in [-0.1, -0.05) is 33.4 Å².